The van der Waals surface area contributed by atoms with E-state index in [1.165, 1.54) is 0 Å². The van der Waals surface area contributed by atoms with Gasteiger partial charge >= 0.3 is 0 Å². The van der Waals surface area contributed by atoms with E-state index in [1.807, 2.05) is 0 Å². The lowest BCUT2D eigenvalue weighted by Gasteiger charge is -2.09. The topological polar surface area (TPSA) is 33.6 Å². The minimum Gasteiger partial charge on any atom is -0.383 e. The van der Waals surface area contributed by atoms with Gasteiger partial charge in [-0.05, 0) is 18.5 Å². The third kappa shape index (κ3) is 5.29. The van der Waals surface area contributed by atoms with Gasteiger partial charge in [-0.2, -0.15) is 0 Å². The highest BCUT2D eigenvalue weighted by atomic mass is 35.5. The van der Waals surface area contributed by atoms with Crippen LogP contribution in [0.2, 0.25) is 0 Å². The molecular weight excluding hydrogens is 188 g/mol. The summed E-state index contributed by atoms with van der Waals surface area (Å²) in [5, 5.41) is 6.93. The Morgan fingerprint density at radius 3 is 3.23 bits per heavy atom. The van der Waals surface area contributed by atoms with Crippen molar-refractivity contribution in [1.29, 1.82) is 0 Å². The molecule has 3 nitrogen and oxygen atoms in total. The Balaban J connectivity index is 0.00000144. The third-order valence-electron chi connectivity index (χ3n) is 1.50. The van der Waals surface area contributed by atoms with Crippen LogP contribution in [0.3, 0.4) is 0 Å². The van der Waals surface area contributed by atoms with Gasteiger partial charge < -0.3 is 10.2 Å². The molecule has 13 heavy (non-hydrogen) atoms. The van der Waals surface area contributed by atoms with Crippen LogP contribution in [0.1, 0.15) is 6.42 Å². The molecule has 1 aliphatic heterocycles. The van der Waals surface area contributed by atoms with E-state index in [9.17, 15) is 0 Å². The van der Waals surface area contributed by atoms with E-state index in [0.717, 1.165) is 25.1 Å². The minimum absolute atomic E-state index is 0. The number of hydrogen-bond donors (Lipinski definition) is 1. The van der Waals surface area contributed by atoms with Gasteiger partial charge in [-0.1, -0.05) is 17.2 Å². The monoisotopic (exact) mass is 200 g/mol. The number of hydrogen-bond acceptors (Lipinski definition) is 3. The van der Waals surface area contributed by atoms with Gasteiger partial charge in [0.25, 0.3) is 0 Å². The van der Waals surface area contributed by atoms with Crippen molar-refractivity contribution in [2.45, 2.75) is 6.42 Å². The molecule has 0 fully saturated rings. The maximum Gasteiger partial charge on any atom is 0.177 e. The Bertz CT molecular complexity index is 230. The van der Waals surface area contributed by atoms with Gasteiger partial charge in [0.05, 0.1) is 6.21 Å². The standard InChI is InChI=1S/C9H12N2O.ClH/c1-2-6-12-11-8-9-4-3-5-10-7-9;/h1,4,8,10H,3,5-7H2;1H/b11-8+;. The van der Waals surface area contributed by atoms with Crippen molar-refractivity contribution in [2.24, 2.45) is 5.16 Å². The predicted octanol–water partition coefficient (Wildman–Crippen LogP) is 0.964. The molecule has 0 bridgehead atoms. The third-order valence-corrected chi connectivity index (χ3v) is 1.50. The summed E-state index contributed by atoms with van der Waals surface area (Å²) in [4.78, 5) is 4.75. The van der Waals surface area contributed by atoms with E-state index < -0.39 is 0 Å². The van der Waals surface area contributed by atoms with Crippen LogP contribution in [0.4, 0.5) is 0 Å². The summed E-state index contributed by atoms with van der Waals surface area (Å²) in [6.45, 7) is 2.14. The molecule has 0 aromatic heterocycles. The summed E-state index contributed by atoms with van der Waals surface area (Å²) >= 11 is 0. The fraction of sp³-hybridized carbons (Fsp3) is 0.444. The zero-order valence-electron chi connectivity index (χ0n) is 7.32. The Hall–Kier alpha value is -0.980. The highest BCUT2D eigenvalue weighted by Gasteiger charge is 1.98. The highest BCUT2D eigenvalue weighted by molar-refractivity contribution is 5.85. The van der Waals surface area contributed by atoms with Crippen molar-refractivity contribution in [2.75, 3.05) is 19.7 Å². The molecule has 0 radical (unpaired) electrons. The molecule has 0 atom stereocenters. The fourth-order valence-electron chi connectivity index (χ4n) is 0.942. The lowest BCUT2D eigenvalue weighted by atomic mass is 10.2. The Morgan fingerprint density at radius 2 is 2.62 bits per heavy atom. The second kappa shape index (κ2) is 7.66. The zero-order valence-corrected chi connectivity index (χ0v) is 8.14. The van der Waals surface area contributed by atoms with Crippen LogP contribution in [0.15, 0.2) is 16.8 Å². The summed E-state index contributed by atoms with van der Waals surface area (Å²) in [5.74, 6) is 2.33. The Labute approximate surface area is 84.6 Å². The average molecular weight is 201 g/mol. The molecule has 0 unspecified atom stereocenters. The number of nitrogens with zero attached hydrogens (tertiary/aromatic N) is 1. The second-order valence-corrected chi connectivity index (χ2v) is 2.46. The van der Waals surface area contributed by atoms with E-state index in [0.29, 0.717) is 0 Å². The van der Waals surface area contributed by atoms with Gasteiger partial charge in [-0.25, -0.2) is 0 Å². The van der Waals surface area contributed by atoms with Crippen molar-refractivity contribution in [3.63, 3.8) is 0 Å². The maximum absolute atomic E-state index is 4.97. The molecular formula is C9H13ClN2O. The molecule has 1 aliphatic rings. The molecule has 0 amide bonds. The van der Waals surface area contributed by atoms with E-state index in [1.54, 1.807) is 6.21 Å². The SMILES string of the molecule is C#CCO/N=C/C1=CCCNC1.Cl. The number of nitrogens with one attached hydrogen (secondary N) is 1. The fourth-order valence-corrected chi connectivity index (χ4v) is 0.942. The summed E-state index contributed by atoms with van der Waals surface area (Å²) < 4.78 is 0. The van der Waals surface area contributed by atoms with Crippen LogP contribution in [0.5, 0.6) is 0 Å². The molecule has 4 heteroatoms. The summed E-state index contributed by atoms with van der Waals surface area (Å²) in [7, 11) is 0. The van der Waals surface area contributed by atoms with Crippen molar-refractivity contribution < 1.29 is 4.84 Å². The van der Waals surface area contributed by atoms with Crippen LogP contribution < -0.4 is 5.32 Å². The van der Waals surface area contributed by atoms with Crippen molar-refractivity contribution in [3.05, 3.63) is 11.6 Å². The molecule has 0 saturated heterocycles. The largest absolute Gasteiger partial charge is 0.383 e. The molecule has 1 rings (SSSR count). The second-order valence-electron chi connectivity index (χ2n) is 2.46. The van der Waals surface area contributed by atoms with Crippen LogP contribution in [0.25, 0.3) is 0 Å². The Morgan fingerprint density at radius 1 is 1.77 bits per heavy atom. The summed E-state index contributed by atoms with van der Waals surface area (Å²) in [6.07, 6.45) is 9.86. The molecule has 0 saturated carbocycles. The first-order chi connectivity index (χ1) is 5.93. The van der Waals surface area contributed by atoms with E-state index in [4.69, 9.17) is 11.3 Å². The lowest BCUT2D eigenvalue weighted by Crippen LogP contribution is -2.22. The van der Waals surface area contributed by atoms with Crippen LogP contribution >= 0.6 is 12.4 Å². The van der Waals surface area contributed by atoms with Crippen LogP contribution in [-0.2, 0) is 4.84 Å². The Kier molecular flexibility index (Phi) is 7.08. The lowest BCUT2D eigenvalue weighted by molar-refractivity contribution is 0.181. The molecule has 0 aromatic rings. The highest BCUT2D eigenvalue weighted by Crippen LogP contribution is 1.97. The van der Waals surface area contributed by atoms with Gasteiger partial charge in [-0.3, -0.25) is 0 Å². The molecule has 1 heterocycles. The van der Waals surface area contributed by atoms with Gasteiger partial charge in [0, 0.05) is 6.54 Å². The van der Waals surface area contributed by atoms with Crippen molar-refractivity contribution >= 4 is 18.6 Å². The van der Waals surface area contributed by atoms with Crippen LogP contribution in [0, 0.1) is 12.3 Å². The van der Waals surface area contributed by atoms with Gasteiger partial charge in [0.1, 0.15) is 0 Å². The minimum atomic E-state index is 0. The first-order valence-electron chi connectivity index (χ1n) is 3.92. The predicted molar refractivity (Wildman–Crippen MR) is 56.1 cm³/mol. The van der Waals surface area contributed by atoms with Gasteiger partial charge in [-0.15, -0.1) is 18.8 Å². The number of rotatable bonds is 3. The summed E-state index contributed by atoms with van der Waals surface area (Å²) in [6, 6.07) is 0. The van der Waals surface area contributed by atoms with Crippen molar-refractivity contribution in [3.8, 4) is 12.3 Å². The van der Waals surface area contributed by atoms with Crippen molar-refractivity contribution in [1.82, 2.24) is 5.32 Å². The average Bonchev–Trinajstić information content (AvgIpc) is 2.14. The molecule has 0 aliphatic carbocycles. The molecule has 1 N–H and O–H groups in total. The molecule has 72 valence electrons. The number of terminal acetylenes is 1. The maximum atomic E-state index is 4.97. The first-order valence-corrected chi connectivity index (χ1v) is 3.92. The van der Waals surface area contributed by atoms with Gasteiger partial charge in [0.2, 0.25) is 0 Å². The quantitative estimate of drug-likeness (QED) is 0.319. The molecule has 0 spiro atoms. The smallest absolute Gasteiger partial charge is 0.177 e. The first kappa shape index (κ1) is 12.0. The van der Waals surface area contributed by atoms with E-state index in [2.05, 4.69) is 22.5 Å². The van der Waals surface area contributed by atoms with Gasteiger partial charge in [0.15, 0.2) is 6.61 Å². The van der Waals surface area contributed by atoms with Crippen LogP contribution in [-0.4, -0.2) is 25.9 Å². The van der Waals surface area contributed by atoms with E-state index in [-0.39, 0.29) is 19.0 Å². The summed E-state index contributed by atoms with van der Waals surface area (Å²) in [5.41, 5.74) is 1.15. The normalized spacial score (nSPS) is 15.8. The zero-order chi connectivity index (χ0) is 8.65. The van der Waals surface area contributed by atoms with E-state index >= 15 is 0 Å². The molecule has 0 aromatic carbocycles. The number of halogens is 1. The number of oxime groups is 1.